The molecule has 1 aromatic rings. The number of hydrogen-bond donors (Lipinski definition) is 1. The van der Waals surface area contributed by atoms with Crippen molar-refractivity contribution in [1.82, 2.24) is 4.90 Å². The lowest BCUT2D eigenvalue weighted by molar-refractivity contribution is -0.142. The fourth-order valence-corrected chi connectivity index (χ4v) is 5.88. The van der Waals surface area contributed by atoms with E-state index in [0.717, 1.165) is 22.0 Å². The van der Waals surface area contributed by atoms with Crippen LogP contribution in [0.3, 0.4) is 0 Å². The molecule has 2 bridgehead atoms. The van der Waals surface area contributed by atoms with Gasteiger partial charge in [-0.2, -0.15) is 0 Å². The third kappa shape index (κ3) is 2.45. The van der Waals surface area contributed by atoms with Crippen molar-refractivity contribution in [2.45, 2.75) is 20.3 Å². The molecule has 1 N–H and O–H groups in total. The highest BCUT2D eigenvalue weighted by molar-refractivity contribution is 9.10. The molecule has 5 aliphatic rings. The number of allylic oxidation sites excluding steroid dienone is 2. The van der Waals surface area contributed by atoms with Crippen molar-refractivity contribution < 1.29 is 14.4 Å². The molecule has 0 unspecified atom stereocenters. The van der Waals surface area contributed by atoms with Gasteiger partial charge in [0.15, 0.2) is 0 Å². The minimum absolute atomic E-state index is 0.159. The van der Waals surface area contributed by atoms with Crippen molar-refractivity contribution in [2.24, 2.45) is 35.5 Å². The van der Waals surface area contributed by atoms with Crippen LogP contribution in [0, 0.1) is 49.4 Å². The van der Waals surface area contributed by atoms with E-state index in [1.165, 1.54) is 4.90 Å². The summed E-state index contributed by atoms with van der Waals surface area (Å²) in [5.74, 6) is 0.367. The molecule has 5 nitrogen and oxygen atoms in total. The highest BCUT2D eigenvalue weighted by Gasteiger charge is 2.67. The van der Waals surface area contributed by atoms with Crippen LogP contribution < -0.4 is 5.32 Å². The Labute approximate surface area is 166 Å². The van der Waals surface area contributed by atoms with Gasteiger partial charge in [-0.25, -0.2) is 0 Å². The van der Waals surface area contributed by atoms with Gasteiger partial charge in [0.1, 0.15) is 6.54 Å². The lowest BCUT2D eigenvalue weighted by Gasteiger charge is -2.37. The van der Waals surface area contributed by atoms with Crippen molar-refractivity contribution in [1.29, 1.82) is 0 Å². The lowest BCUT2D eigenvalue weighted by Crippen LogP contribution is -2.40. The van der Waals surface area contributed by atoms with Gasteiger partial charge in [0, 0.05) is 10.2 Å². The number of aryl methyl sites for hydroxylation is 2. The van der Waals surface area contributed by atoms with Crippen molar-refractivity contribution in [3.8, 4) is 0 Å². The van der Waals surface area contributed by atoms with E-state index in [0.29, 0.717) is 17.5 Å². The zero-order chi connectivity index (χ0) is 19.0. The van der Waals surface area contributed by atoms with Crippen LogP contribution in [0.25, 0.3) is 0 Å². The van der Waals surface area contributed by atoms with Gasteiger partial charge >= 0.3 is 0 Å². The highest BCUT2D eigenvalue weighted by atomic mass is 79.9. The summed E-state index contributed by atoms with van der Waals surface area (Å²) in [5.41, 5.74) is 2.65. The Morgan fingerprint density at radius 1 is 1.07 bits per heavy atom. The zero-order valence-electron chi connectivity index (χ0n) is 15.2. The van der Waals surface area contributed by atoms with Crippen LogP contribution in [0.1, 0.15) is 17.5 Å². The van der Waals surface area contributed by atoms with Gasteiger partial charge < -0.3 is 5.32 Å². The van der Waals surface area contributed by atoms with Crippen LogP contribution in [0.5, 0.6) is 0 Å². The normalized spacial score (nSPS) is 35.3. The number of nitrogens with zero attached hydrogens (tertiary/aromatic N) is 1. The fraction of sp³-hybridized carbons (Fsp3) is 0.476. The molecular weight excluding hydrogens is 408 g/mol. The monoisotopic (exact) mass is 428 g/mol. The number of halogens is 1. The molecule has 6 heteroatoms. The third-order valence-electron chi connectivity index (χ3n) is 6.84. The number of imide groups is 1. The summed E-state index contributed by atoms with van der Waals surface area (Å²) in [6.07, 6.45) is 5.42. The average Bonchev–Trinajstić information content (AvgIpc) is 3.41. The van der Waals surface area contributed by atoms with E-state index >= 15 is 0 Å². The Balaban J connectivity index is 1.33. The Morgan fingerprint density at radius 2 is 1.67 bits per heavy atom. The van der Waals surface area contributed by atoms with Crippen LogP contribution in [0.2, 0.25) is 0 Å². The van der Waals surface area contributed by atoms with Crippen molar-refractivity contribution in [3.63, 3.8) is 0 Å². The Hall–Kier alpha value is -1.95. The van der Waals surface area contributed by atoms with E-state index < -0.39 is 0 Å². The average molecular weight is 429 g/mol. The van der Waals surface area contributed by atoms with E-state index in [4.69, 9.17) is 0 Å². The predicted molar refractivity (Wildman–Crippen MR) is 104 cm³/mol. The first kappa shape index (κ1) is 17.2. The summed E-state index contributed by atoms with van der Waals surface area (Å²) in [5, 5.41) is 2.86. The summed E-state index contributed by atoms with van der Waals surface area (Å²) in [7, 11) is 0. The molecule has 3 fully saturated rings. The number of rotatable bonds is 3. The molecule has 1 saturated heterocycles. The van der Waals surface area contributed by atoms with Gasteiger partial charge in [0.2, 0.25) is 17.7 Å². The lowest BCUT2D eigenvalue weighted by atomic mass is 9.63. The molecule has 1 aromatic carbocycles. The third-order valence-corrected chi connectivity index (χ3v) is 7.69. The molecule has 3 amide bonds. The standard InChI is InChI=1S/C21H21BrN2O3/c1-9-6-16(10(2)5-15(9)22)23-17(25)8-24-20(26)18-11-3-4-12(14-7-13(11)14)19(18)21(24)27/h3-6,11-14,18-19H,7-8H2,1-2H3,(H,23,25)/t11-,12-,13-,14+,18+,19+/m0/s1. The molecule has 6 atom stereocenters. The summed E-state index contributed by atoms with van der Waals surface area (Å²) in [6.45, 7) is 3.66. The molecule has 0 radical (unpaired) electrons. The second-order valence-electron chi connectivity index (χ2n) is 8.38. The molecule has 1 aliphatic heterocycles. The molecule has 1 heterocycles. The molecule has 0 aromatic heterocycles. The predicted octanol–water partition coefficient (Wildman–Crippen LogP) is 3.06. The molecule has 2 saturated carbocycles. The van der Waals surface area contributed by atoms with Crippen LogP contribution in [-0.4, -0.2) is 29.2 Å². The SMILES string of the molecule is Cc1cc(NC(=O)CN2C(=O)[C@@H]3[C@H]4C=C[C@@H]([C@@H]5C[C@H]45)[C@H]3C2=O)c(C)cc1Br. The maximum atomic E-state index is 12.9. The first-order valence-corrected chi connectivity index (χ1v) is 10.3. The number of anilines is 1. The van der Waals surface area contributed by atoms with Crippen LogP contribution in [0.4, 0.5) is 5.69 Å². The van der Waals surface area contributed by atoms with Crippen molar-refractivity contribution in [2.75, 3.05) is 11.9 Å². The van der Waals surface area contributed by atoms with Gasteiger partial charge in [-0.3, -0.25) is 19.3 Å². The Kier molecular flexibility index (Phi) is 3.67. The Bertz CT molecular complexity index is 888. The van der Waals surface area contributed by atoms with Gasteiger partial charge in [-0.05, 0) is 67.2 Å². The van der Waals surface area contributed by atoms with Crippen molar-refractivity contribution >= 4 is 39.3 Å². The van der Waals surface area contributed by atoms with Crippen molar-refractivity contribution in [3.05, 3.63) is 39.9 Å². The molecular formula is C21H21BrN2O3. The quantitative estimate of drug-likeness (QED) is 0.594. The molecule has 4 aliphatic carbocycles. The first-order valence-electron chi connectivity index (χ1n) is 9.47. The Morgan fingerprint density at radius 3 is 2.26 bits per heavy atom. The first-order chi connectivity index (χ1) is 12.9. The number of benzene rings is 1. The number of nitrogens with one attached hydrogen (secondary N) is 1. The zero-order valence-corrected chi connectivity index (χ0v) is 16.8. The van der Waals surface area contributed by atoms with E-state index in [-0.39, 0.29) is 47.9 Å². The highest BCUT2D eigenvalue weighted by Crippen LogP contribution is 2.65. The largest absolute Gasteiger partial charge is 0.324 e. The van der Waals surface area contributed by atoms with Gasteiger partial charge in [-0.15, -0.1) is 0 Å². The molecule has 6 rings (SSSR count). The maximum Gasteiger partial charge on any atom is 0.244 e. The van der Waals surface area contributed by atoms with Crippen LogP contribution in [-0.2, 0) is 14.4 Å². The summed E-state index contributed by atoms with van der Waals surface area (Å²) >= 11 is 3.48. The topological polar surface area (TPSA) is 66.5 Å². The smallest absolute Gasteiger partial charge is 0.244 e. The minimum atomic E-state index is -0.328. The number of carbonyl (C=O) groups is 3. The van der Waals surface area contributed by atoms with Gasteiger partial charge in [0.25, 0.3) is 0 Å². The second-order valence-corrected chi connectivity index (χ2v) is 9.24. The maximum absolute atomic E-state index is 12.9. The summed E-state index contributed by atoms with van der Waals surface area (Å²) < 4.78 is 0.980. The number of amides is 3. The second kappa shape index (κ2) is 5.77. The molecule has 0 spiro atoms. The molecule has 27 heavy (non-hydrogen) atoms. The van der Waals surface area contributed by atoms with Crippen LogP contribution in [0.15, 0.2) is 28.8 Å². The van der Waals surface area contributed by atoms with Crippen LogP contribution >= 0.6 is 15.9 Å². The van der Waals surface area contributed by atoms with Gasteiger partial charge in [-0.1, -0.05) is 28.1 Å². The fourth-order valence-electron chi connectivity index (χ4n) is 5.42. The summed E-state index contributed by atoms with van der Waals surface area (Å²) in [6, 6.07) is 3.84. The van der Waals surface area contributed by atoms with E-state index in [1.807, 2.05) is 26.0 Å². The summed E-state index contributed by atoms with van der Waals surface area (Å²) in [4.78, 5) is 39.7. The number of hydrogen-bond acceptors (Lipinski definition) is 3. The number of likely N-dealkylation sites (tertiary alicyclic amines) is 1. The van der Waals surface area contributed by atoms with E-state index in [9.17, 15) is 14.4 Å². The number of carbonyl (C=O) groups excluding carboxylic acids is 3. The molecule has 140 valence electrons. The minimum Gasteiger partial charge on any atom is -0.324 e. The van der Waals surface area contributed by atoms with E-state index in [2.05, 4.69) is 33.4 Å². The van der Waals surface area contributed by atoms with E-state index in [1.54, 1.807) is 0 Å². The van der Waals surface area contributed by atoms with Gasteiger partial charge in [0.05, 0.1) is 11.8 Å².